The third-order valence-corrected chi connectivity index (χ3v) is 5.47. The van der Waals surface area contributed by atoms with Crippen molar-refractivity contribution >= 4 is 6.09 Å². The van der Waals surface area contributed by atoms with Crippen molar-refractivity contribution in [3.05, 3.63) is 95.1 Å². The first-order chi connectivity index (χ1) is 14.6. The van der Waals surface area contributed by atoms with Crippen molar-refractivity contribution in [3.8, 4) is 23.0 Å². The van der Waals surface area contributed by atoms with Gasteiger partial charge in [-0.2, -0.15) is 0 Å². The average Bonchev–Trinajstić information content (AvgIpc) is 3.09. The minimum absolute atomic E-state index is 0.0622. The maximum absolute atomic E-state index is 12.2. The number of benzene rings is 3. The van der Waals surface area contributed by atoms with Gasteiger partial charge in [0.15, 0.2) is 0 Å². The van der Waals surface area contributed by atoms with Crippen LogP contribution in [0.1, 0.15) is 47.9 Å². The summed E-state index contributed by atoms with van der Waals surface area (Å²) in [5, 5.41) is 2.74. The maximum atomic E-state index is 12.2. The van der Waals surface area contributed by atoms with E-state index in [1.54, 1.807) is 0 Å². The van der Waals surface area contributed by atoms with Crippen molar-refractivity contribution in [1.29, 1.82) is 0 Å². The van der Waals surface area contributed by atoms with Gasteiger partial charge in [0, 0.05) is 11.5 Å². The molecule has 30 heavy (non-hydrogen) atoms. The van der Waals surface area contributed by atoms with E-state index in [4.69, 9.17) is 4.74 Å². The van der Waals surface area contributed by atoms with Gasteiger partial charge in [-0.25, -0.2) is 4.79 Å². The molecule has 0 atom stereocenters. The lowest BCUT2D eigenvalue weighted by Gasteiger charge is -2.14. The highest BCUT2D eigenvalue weighted by Crippen LogP contribution is 2.44. The standard InChI is InChI=1S/C27H25NO2/c1-19(2)21-12-4-3-10-20(21)11-9-17-28-27(29)30-18-26-24-15-7-5-13-22(24)23-14-6-8-16-25(23)26/h3-8,10,12-16,19,26H,17-18H2,1-2H3,(H,28,29). The Hall–Kier alpha value is -3.51. The van der Waals surface area contributed by atoms with Crippen LogP contribution in [0.2, 0.25) is 0 Å². The Bertz CT molecular complexity index is 1080. The first kappa shape index (κ1) is 19.8. The topological polar surface area (TPSA) is 38.3 Å². The highest BCUT2D eigenvalue weighted by atomic mass is 16.5. The van der Waals surface area contributed by atoms with Gasteiger partial charge in [-0.15, -0.1) is 0 Å². The lowest BCUT2D eigenvalue weighted by Crippen LogP contribution is -2.26. The highest BCUT2D eigenvalue weighted by molar-refractivity contribution is 5.79. The number of fused-ring (bicyclic) bond motifs is 3. The van der Waals surface area contributed by atoms with Crippen LogP contribution < -0.4 is 5.32 Å². The summed E-state index contributed by atoms with van der Waals surface area (Å²) in [7, 11) is 0. The second kappa shape index (κ2) is 8.88. The lowest BCUT2D eigenvalue weighted by molar-refractivity contribution is 0.144. The van der Waals surface area contributed by atoms with E-state index in [0.717, 1.165) is 5.56 Å². The Labute approximate surface area is 178 Å². The lowest BCUT2D eigenvalue weighted by atomic mass is 9.98. The summed E-state index contributed by atoms with van der Waals surface area (Å²) >= 11 is 0. The van der Waals surface area contributed by atoms with Gasteiger partial charge in [0.25, 0.3) is 0 Å². The molecule has 3 aromatic rings. The number of hydrogen-bond donors (Lipinski definition) is 1. The van der Waals surface area contributed by atoms with Crippen molar-refractivity contribution in [2.75, 3.05) is 13.2 Å². The molecule has 0 aliphatic heterocycles. The van der Waals surface area contributed by atoms with E-state index in [2.05, 4.69) is 61.3 Å². The fourth-order valence-electron chi connectivity index (χ4n) is 4.02. The molecule has 0 spiro atoms. The molecule has 0 radical (unpaired) electrons. The molecule has 1 N–H and O–H groups in total. The molecule has 4 rings (SSSR count). The summed E-state index contributed by atoms with van der Waals surface area (Å²) in [6.45, 7) is 4.86. The molecule has 0 bridgehead atoms. The molecular weight excluding hydrogens is 370 g/mol. The van der Waals surface area contributed by atoms with Crippen LogP contribution in [0.3, 0.4) is 0 Å². The molecule has 1 aliphatic carbocycles. The van der Waals surface area contributed by atoms with Gasteiger partial charge < -0.3 is 10.1 Å². The number of carbonyl (C=O) groups is 1. The van der Waals surface area contributed by atoms with Gasteiger partial charge in [0.1, 0.15) is 6.61 Å². The smallest absolute Gasteiger partial charge is 0.407 e. The zero-order valence-electron chi connectivity index (χ0n) is 17.3. The van der Waals surface area contributed by atoms with E-state index in [1.165, 1.54) is 27.8 Å². The predicted molar refractivity (Wildman–Crippen MR) is 120 cm³/mol. The molecule has 1 amide bonds. The quantitative estimate of drug-likeness (QED) is 0.576. The third kappa shape index (κ3) is 4.09. The number of carbonyl (C=O) groups excluding carboxylic acids is 1. The van der Waals surface area contributed by atoms with Crippen molar-refractivity contribution in [1.82, 2.24) is 5.32 Å². The zero-order valence-corrected chi connectivity index (χ0v) is 17.3. The van der Waals surface area contributed by atoms with Crippen molar-refractivity contribution in [2.45, 2.75) is 25.7 Å². The molecule has 0 saturated carbocycles. The molecule has 1 aliphatic rings. The van der Waals surface area contributed by atoms with E-state index in [-0.39, 0.29) is 12.5 Å². The summed E-state index contributed by atoms with van der Waals surface area (Å²) < 4.78 is 5.54. The summed E-state index contributed by atoms with van der Waals surface area (Å²) in [5.74, 6) is 6.65. The second-order valence-electron chi connectivity index (χ2n) is 7.72. The molecular formula is C27H25NO2. The first-order valence-electron chi connectivity index (χ1n) is 10.3. The molecule has 150 valence electrons. The summed E-state index contributed by atoms with van der Waals surface area (Å²) in [4.78, 5) is 12.2. The molecule has 3 aromatic carbocycles. The van der Waals surface area contributed by atoms with Gasteiger partial charge in [-0.05, 0) is 39.8 Å². The molecule has 0 saturated heterocycles. The van der Waals surface area contributed by atoms with E-state index in [1.807, 2.05) is 42.5 Å². The first-order valence-corrected chi connectivity index (χ1v) is 10.3. The molecule has 0 aromatic heterocycles. The van der Waals surface area contributed by atoms with E-state index >= 15 is 0 Å². The van der Waals surface area contributed by atoms with Crippen molar-refractivity contribution < 1.29 is 9.53 Å². The Morgan fingerprint density at radius 2 is 1.53 bits per heavy atom. The molecule has 0 unspecified atom stereocenters. The number of ether oxygens (including phenoxy) is 1. The largest absolute Gasteiger partial charge is 0.449 e. The number of hydrogen-bond acceptors (Lipinski definition) is 2. The van der Waals surface area contributed by atoms with Gasteiger partial charge in [-0.3, -0.25) is 0 Å². The summed E-state index contributed by atoms with van der Waals surface area (Å²) in [6, 6.07) is 24.7. The number of alkyl carbamates (subject to hydrolysis) is 1. The van der Waals surface area contributed by atoms with Gasteiger partial charge in [0.05, 0.1) is 6.54 Å². The molecule has 3 heteroatoms. The molecule has 0 heterocycles. The maximum Gasteiger partial charge on any atom is 0.407 e. The number of amides is 1. The average molecular weight is 396 g/mol. The third-order valence-electron chi connectivity index (χ3n) is 5.47. The van der Waals surface area contributed by atoms with Crippen LogP contribution in [0, 0.1) is 11.8 Å². The fraction of sp³-hybridized carbons (Fsp3) is 0.222. The fourth-order valence-corrected chi connectivity index (χ4v) is 4.02. The Balaban J connectivity index is 1.36. The summed E-state index contributed by atoms with van der Waals surface area (Å²) in [6.07, 6.45) is -0.441. The van der Waals surface area contributed by atoms with Crippen LogP contribution in [0.4, 0.5) is 4.79 Å². The highest BCUT2D eigenvalue weighted by Gasteiger charge is 2.28. The van der Waals surface area contributed by atoms with Gasteiger partial charge in [-0.1, -0.05) is 92.4 Å². The molecule has 3 nitrogen and oxygen atoms in total. The minimum Gasteiger partial charge on any atom is -0.449 e. The Morgan fingerprint density at radius 3 is 2.20 bits per heavy atom. The SMILES string of the molecule is CC(C)c1ccccc1C#CCNC(=O)OCC1c2ccccc2-c2ccccc21. The number of nitrogens with one attached hydrogen (secondary N) is 1. The van der Waals surface area contributed by atoms with Crippen LogP contribution >= 0.6 is 0 Å². The van der Waals surface area contributed by atoms with Crippen LogP contribution in [0.25, 0.3) is 11.1 Å². The van der Waals surface area contributed by atoms with Crippen LogP contribution in [0.15, 0.2) is 72.8 Å². The normalized spacial score (nSPS) is 12.0. The van der Waals surface area contributed by atoms with E-state index < -0.39 is 6.09 Å². The van der Waals surface area contributed by atoms with Gasteiger partial charge >= 0.3 is 6.09 Å². The Morgan fingerprint density at radius 1 is 0.933 bits per heavy atom. The monoisotopic (exact) mass is 395 g/mol. The van der Waals surface area contributed by atoms with Crippen LogP contribution in [0.5, 0.6) is 0 Å². The van der Waals surface area contributed by atoms with Crippen LogP contribution in [-0.4, -0.2) is 19.2 Å². The molecule has 0 fully saturated rings. The number of rotatable bonds is 4. The van der Waals surface area contributed by atoms with Crippen molar-refractivity contribution in [2.24, 2.45) is 0 Å². The zero-order chi connectivity index (χ0) is 20.9. The van der Waals surface area contributed by atoms with Gasteiger partial charge in [0.2, 0.25) is 0 Å². The van der Waals surface area contributed by atoms with Crippen LogP contribution in [-0.2, 0) is 4.74 Å². The Kier molecular flexibility index (Phi) is 5.86. The van der Waals surface area contributed by atoms with E-state index in [0.29, 0.717) is 12.5 Å². The summed E-state index contributed by atoms with van der Waals surface area (Å²) in [5.41, 5.74) is 7.06. The predicted octanol–water partition coefficient (Wildman–Crippen LogP) is 5.70. The second-order valence-corrected chi connectivity index (χ2v) is 7.72. The minimum atomic E-state index is -0.441. The van der Waals surface area contributed by atoms with Crippen molar-refractivity contribution in [3.63, 3.8) is 0 Å². The van der Waals surface area contributed by atoms with E-state index in [9.17, 15) is 4.79 Å².